The van der Waals surface area contributed by atoms with Crippen LogP contribution >= 0.6 is 11.6 Å². The Bertz CT molecular complexity index is 738. The maximum absolute atomic E-state index is 5.87. The Morgan fingerprint density at radius 1 is 1.14 bits per heavy atom. The molecule has 3 rings (SSSR count). The third kappa shape index (κ3) is 3.23. The highest BCUT2D eigenvalue weighted by Crippen LogP contribution is 2.22. The second-order valence-electron chi connectivity index (χ2n) is 4.55. The van der Waals surface area contributed by atoms with Crippen LogP contribution in [0.25, 0.3) is 11.5 Å². The van der Waals surface area contributed by atoms with Crippen molar-refractivity contribution in [3.8, 4) is 17.2 Å². The van der Waals surface area contributed by atoms with Crippen LogP contribution in [0.4, 0.5) is 0 Å². The van der Waals surface area contributed by atoms with E-state index >= 15 is 0 Å². The number of halogens is 1. The van der Waals surface area contributed by atoms with Gasteiger partial charge in [-0.3, -0.25) is 0 Å². The molecule has 2 aromatic carbocycles. The van der Waals surface area contributed by atoms with Crippen LogP contribution in [0.15, 0.2) is 53.1 Å². The Hall–Kier alpha value is -2.33. The molecule has 0 N–H and O–H groups in total. The van der Waals surface area contributed by atoms with Crippen LogP contribution in [-0.2, 0) is 6.42 Å². The first-order valence-corrected chi connectivity index (χ1v) is 6.84. The lowest BCUT2D eigenvalue weighted by molar-refractivity contribution is 0.412. The molecule has 0 saturated heterocycles. The summed E-state index contributed by atoms with van der Waals surface area (Å²) in [5.74, 6) is 1.87. The van der Waals surface area contributed by atoms with Crippen molar-refractivity contribution in [2.75, 3.05) is 7.11 Å². The monoisotopic (exact) mass is 300 g/mol. The van der Waals surface area contributed by atoms with Gasteiger partial charge in [0.1, 0.15) is 5.75 Å². The van der Waals surface area contributed by atoms with E-state index in [0.717, 1.165) is 16.9 Å². The Morgan fingerprint density at radius 2 is 1.95 bits per heavy atom. The van der Waals surface area contributed by atoms with Crippen LogP contribution < -0.4 is 4.74 Å². The summed E-state index contributed by atoms with van der Waals surface area (Å²) in [5, 5.41) is 4.72. The number of aromatic nitrogens is 2. The van der Waals surface area contributed by atoms with Gasteiger partial charge in [0.05, 0.1) is 7.11 Å². The highest BCUT2D eigenvalue weighted by atomic mass is 35.5. The molecule has 3 aromatic rings. The summed E-state index contributed by atoms with van der Waals surface area (Å²) in [7, 11) is 1.62. The SMILES string of the molecule is COc1cccc(-c2nc(Cc3ccc(Cl)cc3)no2)c1. The minimum absolute atomic E-state index is 0.484. The molecule has 0 aliphatic carbocycles. The van der Waals surface area contributed by atoms with Crippen molar-refractivity contribution in [2.45, 2.75) is 6.42 Å². The fraction of sp³-hybridized carbons (Fsp3) is 0.125. The summed E-state index contributed by atoms with van der Waals surface area (Å²) in [5.41, 5.74) is 1.92. The molecular formula is C16H13ClN2O2. The van der Waals surface area contributed by atoms with Crippen molar-refractivity contribution in [1.29, 1.82) is 0 Å². The Balaban J connectivity index is 1.81. The van der Waals surface area contributed by atoms with Crippen molar-refractivity contribution in [3.05, 3.63) is 64.9 Å². The van der Waals surface area contributed by atoms with Crippen molar-refractivity contribution < 1.29 is 9.26 Å². The number of hydrogen-bond acceptors (Lipinski definition) is 4. The molecule has 1 heterocycles. The molecule has 106 valence electrons. The van der Waals surface area contributed by atoms with E-state index in [4.69, 9.17) is 20.9 Å². The van der Waals surface area contributed by atoms with E-state index in [0.29, 0.717) is 23.2 Å². The van der Waals surface area contributed by atoms with Crippen LogP contribution in [0, 0.1) is 0 Å². The van der Waals surface area contributed by atoms with Gasteiger partial charge in [0.15, 0.2) is 5.82 Å². The molecule has 0 bridgehead atoms. The first-order chi connectivity index (χ1) is 10.2. The molecule has 0 atom stereocenters. The molecule has 0 spiro atoms. The van der Waals surface area contributed by atoms with Crippen molar-refractivity contribution in [1.82, 2.24) is 10.1 Å². The molecule has 0 aliphatic heterocycles. The van der Waals surface area contributed by atoms with Gasteiger partial charge < -0.3 is 9.26 Å². The maximum atomic E-state index is 5.87. The molecular weight excluding hydrogens is 288 g/mol. The molecule has 0 saturated carbocycles. The second-order valence-corrected chi connectivity index (χ2v) is 4.99. The summed E-state index contributed by atoms with van der Waals surface area (Å²) in [4.78, 5) is 4.41. The van der Waals surface area contributed by atoms with E-state index in [1.54, 1.807) is 7.11 Å². The van der Waals surface area contributed by atoms with Gasteiger partial charge in [-0.15, -0.1) is 0 Å². The molecule has 0 fully saturated rings. The van der Waals surface area contributed by atoms with E-state index < -0.39 is 0 Å². The van der Waals surface area contributed by atoms with E-state index in [-0.39, 0.29) is 0 Å². The Kier molecular flexibility index (Phi) is 3.88. The Morgan fingerprint density at radius 3 is 2.71 bits per heavy atom. The topological polar surface area (TPSA) is 48.2 Å². The molecule has 0 aliphatic rings. The van der Waals surface area contributed by atoms with Crippen LogP contribution in [0.3, 0.4) is 0 Å². The van der Waals surface area contributed by atoms with Crippen molar-refractivity contribution in [2.24, 2.45) is 0 Å². The molecule has 0 unspecified atom stereocenters. The minimum atomic E-state index is 0.484. The summed E-state index contributed by atoms with van der Waals surface area (Å²) in [6.07, 6.45) is 0.602. The highest BCUT2D eigenvalue weighted by molar-refractivity contribution is 6.30. The predicted molar refractivity (Wildman–Crippen MR) is 80.5 cm³/mol. The summed E-state index contributed by atoms with van der Waals surface area (Å²) < 4.78 is 10.5. The normalized spacial score (nSPS) is 10.6. The van der Waals surface area contributed by atoms with Crippen LogP contribution in [-0.4, -0.2) is 17.3 Å². The minimum Gasteiger partial charge on any atom is -0.497 e. The van der Waals surface area contributed by atoms with E-state index in [9.17, 15) is 0 Å². The van der Waals surface area contributed by atoms with Gasteiger partial charge in [0, 0.05) is 17.0 Å². The zero-order valence-corrected chi connectivity index (χ0v) is 12.2. The largest absolute Gasteiger partial charge is 0.497 e. The van der Waals surface area contributed by atoms with Crippen LogP contribution in [0.1, 0.15) is 11.4 Å². The third-order valence-corrected chi connectivity index (χ3v) is 3.31. The number of benzene rings is 2. The molecule has 21 heavy (non-hydrogen) atoms. The van der Waals surface area contributed by atoms with E-state index in [1.165, 1.54) is 0 Å². The number of ether oxygens (including phenoxy) is 1. The standard InChI is InChI=1S/C16H13ClN2O2/c1-20-14-4-2-3-12(10-14)16-18-15(19-21-16)9-11-5-7-13(17)8-6-11/h2-8,10H,9H2,1H3. The summed E-state index contributed by atoms with van der Waals surface area (Å²) in [6, 6.07) is 15.1. The molecule has 4 nitrogen and oxygen atoms in total. The molecule has 1 aromatic heterocycles. The summed E-state index contributed by atoms with van der Waals surface area (Å²) >= 11 is 5.87. The maximum Gasteiger partial charge on any atom is 0.258 e. The van der Waals surface area contributed by atoms with Gasteiger partial charge in [-0.05, 0) is 35.9 Å². The number of rotatable bonds is 4. The van der Waals surface area contributed by atoms with Gasteiger partial charge in [0.25, 0.3) is 5.89 Å². The lowest BCUT2D eigenvalue weighted by atomic mass is 10.1. The number of methoxy groups -OCH3 is 1. The quantitative estimate of drug-likeness (QED) is 0.731. The second kappa shape index (κ2) is 5.97. The van der Waals surface area contributed by atoms with E-state index in [1.807, 2.05) is 48.5 Å². The zero-order chi connectivity index (χ0) is 14.7. The first-order valence-electron chi connectivity index (χ1n) is 6.46. The predicted octanol–water partition coefficient (Wildman–Crippen LogP) is 3.99. The third-order valence-electron chi connectivity index (χ3n) is 3.06. The van der Waals surface area contributed by atoms with Crippen molar-refractivity contribution >= 4 is 11.6 Å². The first kappa shape index (κ1) is 13.6. The fourth-order valence-corrected chi connectivity index (χ4v) is 2.11. The zero-order valence-electron chi connectivity index (χ0n) is 11.4. The molecule has 0 amide bonds. The average Bonchev–Trinajstić information content (AvgIpc) is 2.98. The van der Waals surface area contributed by atoms with Crippen LogP contribution in [0.2, 0.25) is 5.02 Å². The average molecular weight is 301 g/mol. The number of nitrogens with zero attached hydrogens (tertiary/aromatic N) is 2. The highest BCUT2D eigenvalue weighted by Gasteiger charge is 2.10. The lowest BCUT2D eigenvalue weighted by Gasteiger charge is -1.99. The molecule has 0 radical (unpaired) electrons. The number of hydrogen-bond donors (Lipinski definition) is 0. The van der Waals surface area contributed by atoms with Gasteiger partial charge in [-0.2, -0.15) is 4.98 Å². The lowest BCUT2D eigenvalue weighted by Crippen LogP contribution is -1.90. The van der Waals surface area contributed by atoms with Gasteiger partial charge >= 0.3 is 0 Å². The van der Waals surface area contributed by atoms with E-state index in [2.05, 4.69) is 10.1 Å². The fourth-order valence-electron chi connectivity index (χ4n) is 1.98. The van der Waals surface area contributed by atoms with Gasteiger partial charge in [-0.1, -0.05) is 35.0 Å². The van der Waals surface area contributed by atoms with Crippen molar-refractivity contribution in [3.63, 3.8) is 0 Å². The Labute approximate surface area is 127 Å². The smallest absolute Gasteiger partial charge is 0.258 e. The van der Waals surface area contributed by atoms with Gasteiger partial charge in [-0.25, -0.2) is 0 Å². The van der Waals surface area contributed by atoms with Crippen LogP contribution in [0.5, 0.6) is 5.75 Å². The molecule has 5 heteroatoms. The van der Waals surface area contributed by atoms with Gasteiger partial charge in [0.2, 0.25) is 0 Å². The summed E-state index contributed by atoms with van der Waals surface area (Å²) in [6.45, 7) is 0.